The second-order valence-corrected chi connectivity index (χ2v) is 4.14. The van der Waals surface area contributed by atoms with Crippen LogP contribution in [0.4, 0.5) is 0 Å². The summed E-state index contributed by atoms with van der Waals surface area (Å²) in [6.45, 7) is 11.6. The summed E-state index contributed by atoms with van der Waals surface area (Å²) in [5.41, 5.74) is 1.03. The zero-order valence-electron chi connectivity index (χ0n) is 10.1. The van der Waals surface area contributed by atoms with Crippen molar-refractivity contribution < 1.29 is 4.74 Å². The van der Waals surface area contributed by atoms with Gasteiger partial charge in [-0.1, -0.05) is 33.4 Å². The Kier molecular flexibility index (Phi) is 4.80. The van der Waals surface area contributed by atoms with Gasteiger partial charge in [-0.05, 0) is 6.92 Å². The Labute approximate surface area is 91.8 Å². The van der Waals surface area contributed by atoms with Gasteiger partial charge in [0, 0.05) is 11.1 Å². The first-order valence-electron chi connectivity index (χ1n) is 4.75. The molecule has 0 saturated heterocycles. The molecule has 0 N–H and O–H groups in total. The van der Waals surface area contributed by atoms with Gasteiger partial charge < -0.3 is 4.74 Å². The Morgan fingerprint density at radius 2 is 2.00 bits per heavy atom. The Morgan fingerprint density at radius 3 is 2.27 bits per heavy atom. The first-order chi connectivity index (χ1) is 6.86. The van der Waals surface area contributed by atoms with E-state index in [1.54, 1.807) is 0 Å². The van der Waals surface area contributed by atoms with Gasteiger partial charge >= 0.3 is 0 Å². The molecule has 0 spiro atoms. The number of nitriles is 1. The van der Waals surface area contributed by atoms with Gasteiger partial charge in [-0.25, -0.2) is 4.99 Å². The fourth-order valence-corrected chi connectivity index (χ4v) is 1.06. The molecule has 0 amide bonds. The molecular formula is C12H18N2O. The standard InChI is InChI=1S/C12H18N2O/c1-7-10(12(3,4)5)14-11(15-6)9(2)8-13/h7H,2H2,1,3-6H3/b10-7-,14-11+. The second-order valence-electron chi connectivity index (χ2n) is 4.14. The molecule has 0 aliphatic heterocycles. The largest absolute Gasteiger partial charge is 0.480 e. The Bertz CT molecular complexity index is 338. The maximum absolute atomic E-state index is 8.69. The van der Waals surface area contributed by atoms with Crippen LogP contribution >= 0.6 is 0 Å². The van der Waals surface area contributed by atoms with Crippen LogP contribution in [0.3, 0.4) is 0 Å². The molecule has 0 aliphatic rings. The van der Waals surface area contributed by atoms with Crippen molar-refractivity contribution in [3.63, 3.8) is 0 Å². The van der Waals surface area contributed by atoms with Gasteiger partial charge in [-0.3, -0.25) is 0 Å². The van der Waals surface area contributed by atoms with Gasteiger partial charge in [0.1, 0.15) is 11.6 Å². The topological polar surface area (TPSA) is 45.4 Å². The van der Waals surface area contributed by atoms with E-state index < -0.39 is 0 Å². The average Bonchev–Trinajstić information content (AvgIpc) is 2.16. The maximum Gasteiger partial charge on any atom is 0.231 e. The summed E-state index contributed by atoms with van der Waals surface area (Å²) in [4.78, 5) is 4.29. The van der Waals surface area contributed by atoms with Gasteiger partial charge in [-0.15, -0.1) is 0 Å². The van der Waals surface area contributed by atoms with Gasteiger partial charge in [-0.2, -0.15) is 5.26 Å². The molecular weight excluding hydrogens is 188 g/mol. The van der Waals surface area contributed by atoms with Gasteiger partial charge in [0.25, 0.3) is 0 Å². The van der Waals surface area contributed by atoms with Crippen LogP contribution in [-0.4, -0.2) is 13.0 Å². The van der Waals surface area contributed by atoms with Crippen LogP contribution in [0.2, 0.25) is 0 Å². The van der Waals surface area contributed by atoms with Crippen molar-refractivity contribution >= 4 is 5.90 Å². The van der Waals surface area contributed by atoms with Crippen molar-refractivity contribution in [2.45, 2.75) is 27.7 Å². The van der Waals surface area contributed by atoms with Crippen LogP contribution in [0.15, 0.2) is 28.9 Å². The molecule has 0 radical (unpaired) electrons. The van der Waals surface area contributed by atoms with Crippen LogP contribution in [0, 0.1) is 16.7 Å². The fraction of sp³-hybridized carbons (Fsp3) is 0.500. The lowest BCUT2D eigenvalue weighted by Gasteiger charge is -2.19. The summed E-state index contributed by atoms with van der Waals surface area (Å²) in [5.74, 6) is 0.278. The molecule has 82 valence electrons. The van der Waals surface area contributed by atoms with Crippen LogP contribution in [-0.2, 0) is 4.74 Å². The van der Waals surface area contributed by atoms with Crippen LogP contribution < -0.4 is 0 Å². The van der Waals surface area contributed by atoms with E-state index in [1.807, 2.05) is 39.8 Å². The minimum Gasteiger partial charge on any atom is -0.480 e. The molecule has 3 heteroatoms. The Balaban J connectivity index is 5.17. The smallest absolute Gasteiger partial charge is 0.231 e. The van der Waals surface area contributed by atoms with Crippen molar-refractivity contribution in [1.29, 1.82) is 5.26 Å². The van der Waals surface area contributed by atoms with E-state index in [0.717, 1.165) is 5.70 Å². The summed E-state index contributed by atoms with van der Waals surface area (Å²) in [6.07, 6.45) is 1.91. The molecule has 0 saturated carbocycles. The highest BCUT2D eigenvalue weighted by atomic mass is 16.5. The van der Waals surface area contributed by atoms with Crippen molar-refractivity contribution in [3.05, 3.63) is 23.9 Å². The number of aliphatic imine (C=N–C) groups is 1. The first kappa shape index (κ1) is 13.4. The third-order valence-corrected chi connectivity index (χ3v) is 1.85. The minimum atomic E-state index is -0.0751. The summed E-state index contributed by atoms with van der Waals surface area (Å²) in [6, 6.07) is 1.92. The number of allylic oxidation sites excluding steroid dienone is 2. The number of hydrogen-bond donors (Lipinski definition) is 0. The molecule has 0 rings (SSSR count). The molecule has 0 atom stereocenters. The van der Waals surface area contributed by atoms with E-state index in [4.69, 9.17) is 10.00 Å². The number of rotatable bonds is 2. The lowest BCUT2D eigenvalue weighted by Crippen LogP contribution is -2.12. The van der Waals surface area contributed by atoms with Crippen LogP contribution in [0.1, 0.15) is 27.7 Å². The molecule has 0 heterocycles. The molecule has 0 aromatic rings. The number of hydrogen-bond acceptors (Lipinski definition) is 3. The van der Waals surface area contributed by atoms with Crippen LogP contribution in [0.5, 0.6) is 0 Å². The molecule has 0 bridgehead atoms. The lowest BCUT2D eigenvalue weighted by atomic mass is 9.92. The van der Waals surface area contributed by atoms with E-state index in [9.17, 15) is 0 Å². The fourth-order valence-electron chi connectivity index (χ4n) is 1.06. The lowest BCUT2D eigenvalue weighted by molar-refractivity contribution is 0.399. The second kappa shape index (κ2) is 5.35. The van der Waals surface area contributed by atoms with Crippen molar-refractivity contribution in [2.75, 3.05) is 7.11 Å². The van der Waals surface area contributed by atoms with E-state index >= 15 is 0 Å². The highest BCUT2D eigenvalue weighted by Crippen LogP contribution is 2.26. The zero-order valence-corrected chi connectivity index (χ0v) is 10.1. The molecule has 3 nitrogen and oxygen atoms in total. The maximum atomic E-state index is 8.69. The van der Waals surface area contributed by atoms with Gasteiger partial charge in [0.05, 0.1) is 7.11 Å². The third kappa shape index (κ3) is 3.99. The number of methoxy groups -OCH3 is 1. The summed E-state index contributed by atoms with van der Waals surface area (Å²) in [7, 11) is 1.48. The van der Waals surface area contributed by atoms with E-state index in [2.05, 4.69) is 11.6 Å². The molecule has 0 aromatic heterocycles. The summed E-state index contributed by atoms with van der Waals surface area (Å²) < 4.78 is 5.02. The van der Waals surface area contributed by atoms with Crippen LogP contribution in [0.25, 0.3) is 0 Å². The highest BCUT2D eigenvalue weighted by molar-refractivity contribution is 5.97. The summed E-state index contributed by atoms with van der Waals surface area (Å²) in [5, 5.41) is 8.69. The van der Waals surface area contributed by atoms with Gasteiger partial charge in [0.15, 0.2) is 0 Å². The van der Waals surface area contributed by atoms with Gasteiger partial charge in [0.2, 0.25) is 5.90 Å². The quantitative estimate of drug-likeness (QED) is 0.396. The first-order valence-corrected chi connectivity index (χ1v) is 4.75. The monoisotopic (exact) mass is 206 g/mol. The highest BCUT2D eigenvalue weighted by Gasteiger charge is 2.17. The molecule has 0 aromatic carbocycles. The Hall–Kier alpha value is -1.56. The van der Waals surface area contributed by atoms with E-state index in [1.165, 1.54) is 7.11 Å². The number of nitrogens with zero attached hydrogens (tertiary/aromatic N) is 2. The van der Waals surface area contributed by atoms with E-state index in [-0.39, 0.29) is 16.9 Å². The predicted octanol–water partition coefficient (Wildman–Crippen LogP) is 3.06. The third-order valence-electron chi connectivity index (χ3n) is 1.85. The predicted molar refractivity (Wildman–Crippen MR) is 62.4 cm³/mol. The normalized spacial score (nSPS) is 13.3. The minimum absolute atomic E-state index is 0.0751. The number of ether oxygens (including phenoxy) is 1. The molecule has 0 unspecified atom stereocenters. The van der Waals surface area contributed by atoms with Crippen molar-refractivity contribution in [3.8, 4) is 6.07 Å². The molecule has 15 heavy (non-hydrogen) atoms. The average molecular weight is 206 g/mol. The zero-order chi connectivity index (χ0) is 12.1. The van der Waals surface area contributed by atoms with E-state index in [0.29, 0.717) is 0 Å². The van der Waals surface area contributed by atoms with Crippen molar-refractivity contribution in [1.82, 2.24) is 0 Å². The SMILES string of the molecule is C=C(C#N)/C(=N\C(=C/C)C(C)(C)C)OC. The van der Waals surface area contributed by atoms with Crippen molar-refractivity contribution in [2.24, 2.45) is 10.4 Å². The Morgan fingerprint density at radius 1 is 1.47 bits per heavy atom. The molecule has 0 fully saturated rings. The molecule has 0 aliphatic carbocycles. The summed E-state index contributed by atoms with van der Waals surface area (Å²) >= 11 is 0.